The number of rotatable bonds is 5. The fourth-order valence-corrected chi connectivity index (χ4v) is 2.41. The lowest BCUT2D eigenvalue weighted by molar-refractivity contribution is 0.541. The Morgan fingerprint density at radius 2 is 2.10 bits per heavy atom. The van der Waals surface area contributed by atoms with Gasteiger partial charge in [0.1, 0.15) is 11.6 Å². The van der Waals surface area contributed by atoms with Gasteiger partial charge in [-0.3, -0.25) is 4.68 Å². The summed E-state index contributed by atoms with van der Waals surface area (Å²) in [7, 11) is 3.67. The molecular weight excluding hydrogens is 260 g/mol. The van der Waals surface area contributed by atoms with Crippen LogP contribution in [0.3, 0.4) is 0 Å². The largest absolute Gasteiger partial charge is 0.313 e. The molecule has 0 bridgehead atoms. The first-order valence-corrected chi connectivity index (χ1v) is 6.68. The van der Waals surface area contributed by atoms with Crippen molar-refractivity contribution in [3.05, 3.63) is 52.9 Å². The second kappa shape index (κ2) is 6.13. The van der Waals surface area contributed by atoms with Crippen molar-refractivity contribution in [2.45, 2.75) is 25.8 Å². The SMILES string of the molecule is CCc1nn(C)cc1C(Cc1cc(F)ccc1F)NC. The number of hydrogen-bond acceptors (Lipinski definition) is 2. The number of likely N-dealkylation sites (N-methyl/N-ethyl adjacent to an activating group) is 1. The molecule has 1 heterocycles. The third-order valence-electron chi connectivity index (χ3n) is 3.43. The Morgan fingerprint density at radius 3 is 2.75 bits per heavy atom. The zero-order chi connectivity index (χ0) is 14.7. The highest BCUT2D eigenvalue weighted by Crippen LogP contribution is 2.23. The zero-order valence-electron chi connectivity index (χ0n) is 12.0. The molecule has 3 nitrogen and oxygen atoms in total. The van der Waals surface area contributed by atoms with Crippen LogP contribution in [-0.4, -0.2) is 16.8 Å². The summed E-state index contributed by atoms with van der Waals surface area (Å²) in [6.45, 7) is 2.03. The summed E-state index contributed by atoms with van der Waals surface area (Å²) in [6.07, 6.45) is 3.12. The Hall–Kier alpha value is -1.75. The van der Waals surface area contributed by atoms with E-state index in [9.17, 15) is 8.78 Å². The Balaban J connectivity index is 2.30. The van der Waals surface area contributed by atoms with E-state index in [1.165, 1.54) is 12.1 Å². The average molecular weight is 279 g/mol. The normalized spacial score (nSPS) is 12.7. The predicted molar refractivity (Wildman–Crippen MR) is 74.4 cm³/mol. The summed E-state index contributed by atoms with van der Waals surface area (Å²) in [5.74, 6) is -0.799. The van der Waals surface area contributed by atoms with Gasteiger partial charge in [-0.2, -0.15) is 5.10 Å². The summed E-state index contributed by atoms with van der Waals surface area (Å²) in [5, 5.41) is 7.55. The molecular formula is C15H19F2N3. The van der Waals surface area contributed by atoms with E-state index in [4.69, 9.17) is 0 Å². The summed E-state index contributed by atoms with van der Waals surface area (Å²) in [6, 6.07) is 3.47. The third kappa shape index (κ3) is 3.04. The van der Waals surface area contributed by atoms with E-state index in [-0.39, 0.29) is 11.9 Å². The van der Waals surface area contributed by atoms with Gasteiger partial charge in [0.15, 0.2) is 0 Å². The lowest BCUT2D eigenvalue weighted by Crippen LogP contribution is -2.20. The monoisotopic (exact) mass is 279 g/mol. The second-order valence-corrected chi connectivity index (χ2v) is 4.84. The molecule has 2 rings (SSSR count). The maximum atomic E-state index is 13.8. The van der Waals surface area contributed by atoms with Crippen molar-refractivity contribution in [3.8, 4) is 0 Å². The number of nitrogens with zero attached hydrogens (tertiary/aromatic N) is 2. The van der Waals surface area contributed by atoms with Gasteiger partial charge in [0, 0.05) is 24.8 Å². The van der Waals surface area contributed by atoms with Crippen LogP contribution in [0.1, 0.15) is 29.8 Å². The molecule has 1 aromatic heterocycles. The maximum Gasteiger partial charge on any atom is 0.126 e. The second-order valence-electron chi connectivity index (χ2n) is 4.84. The summed E-state index contributed by atoms with van der Waals surface area (Å²) in [5.41, 5.74) is 2.38. The molecule has 0 amide bonds. The van der Waals surface area contributed by atoms with E-state index >= 15 is 0 Å². The minimum atomic E-state index is -0.418. The molecule has 0 aliphatic carbocycles. The number of benzene rings is 1. The average Bonchev–Trinajstić information content (AvgIpc) is 2.80. The van der Waals surface area contributed by atoms with Crippen LogP contribution in [-0.2, 0) is 19.9 Å². The highest BCUT2D eigenvalue weighted by Gasteiger charge is 2.18. The van der Waals surface area contributed by atoms with E-state index in [1.54, 1.807) is 4.68 Å². The molecule has 5 heteroatoms. The van der Waals surface area contributed by atoms with Gasteiger partial charge >= 0.3 is 0 Å². The summed E-state index contributed by atoms with van der Waals surface area (Å²) >= 11 is 0. The standard InChI is InChI=1S/C15H19F2N3/c1-4-14-12(9-20(3)19-14)15(18-2)8-10-7-11(16)5-6-13(10)17/h5-7,9,15,18H,4,8H2,1-3H3. The van der Waals surface area contributed by atoms with Gasteiger partial charge in [-0.15, -0.1) is 0 Å². The van der Waals surface area contributed by atoms with Crippen LogP contribution in [0.15, 0.2) is 24.4 Å². The molecule has 0 aliphatic rings. The quantitative estimate of drug-likeness (QED) is 0.912. The first-order chi connectivity index (χ1) is 9.55. The highest BCUT2D eigenvalue weighted by atomic mass is 19.1. The minimum absolute atomic E-state index is 0.0880. The van der Waals surface area contributed by atoms with Gasteiger partial charge < -0.3 is 5.32 Å². The number of nitrogens with one attached hydrogen (secondary N) is 1. The molecule has 1 atom stereocenters. The number of aryl methyl sites for hydroxylation is 2. The van der Waals surface area contributed by atoms with E-state index in [2.05, 4.69) is 10.4 Å². The van der Waals surface area contributed by atoms with Crippen molar-refractivity contribution in [1.29, 1.82) is 0 Å². The zero-order valence-corrected chi connectivity index (χ0v) is 12.0. The maximum absolute atomic E-state index is 13.8. The lowest BCUT2D eigenvalue weighted by Gasteiger charge is -2.16. The van der Waals surface area contributed by atoms with Crippen LogP contribution in [0.25, 0.3) is 0 Å². The molecule has 2 aromatic rings. The van der Waals surface area contributed by atoms with Gasteiger partial charge in [0.25, 0.3) is 0 Å². The Kier molecular flexibility index (Phi) is 4.49. The lowest BCUT2D eigenvalue weighted by atomic mass is 9.98. The van der Waals surface area contributed by atoms with Gasteiger partial charge in [-0.1, -0.05) is 6.92 Å². The molecule has 0 aliphatic heterocycles. The van der Waals surface area contributed by atoms with Gasteiger partial charge in [-0.05, 0) is 43.7 Å². The molecule has 0 saturated carbocycles. The number of aromatic nitrogens is 2. The molecule has 20 heavy (non-hydrogen) atoms. The molecule has 0 radical (unpaired) electrons. The Morgan fingerprint density at radius 1 is 1.35 bits per heavy atom. The first kappa shape index (κ1) is 14.7. The van der Waals surface area contributed by atoms with E-state index < -0.39 is 5.82 Å². The van der Waals surface area contributed by atoms with Gasteiger partial charge in [0.2, 0.25) is 0 Å². The molecule has 1 unspecified atom stereocenters. The van der Waals surface area contributed by atoms with Crippen molar-refractivity contribution < 1.29 is 8.78 Å². The van der Waals surface area contributed by atoms with E-state index in [0.717, 1.165) is 23.7 Å². The van der Waals surface area contributed by atoms with Crippen LogP contribution in [0, 0.1) is 11.6 Å². The molecule has 0 spiro atoms. The fourth-order valence-electron chi connectivity index (χ4n) is 2.41. The third-order valence-corrected chi connectivity index (χ3v) is 3.43. The minimum Gasteiger partial charge on any atom is -0.313 e. The molecule has 1 aromatic carbocycles. The van der Waals surface area contributed by atoms with Crippen molar-refractivity contribution >= 4 is 0 Å². The van der Waals surface area contributed by atoms with Crippen molar-refractivity contribution in [3.63, 3.8) is 0 Å². The van der Waals surface area contributed by atoms with Crippen LogP contribution >= 0.6 is 0 Å². The molecule has 0 fully saturated rings. The summed E-state index contributed by atoms with van der Waals surface area (Å²) in [4.78, 5) is 0. The van der Waals surface area contributed by atoms with E-state index in [1.807, 2.05) is 27.2 Å². The van der Waals surface area contributed by atoms with Crippen LogP contribution in [0.4, 0.5) is 8.78 Å². The Bertz CT molecular complexity index is 593. The highest BCUT2D eigenvalue weighted by molar-refractivity contribution is 5.26. The topological polar surface area (TPSA) is 29.9 Å². The van der Waals surface area contributed by atoms with Gasteiger partial charge in [0.05, 0.1) is 5.69 Å². The number of halogens is 2. The van der Waals surface area contributed by atoms with Crippen LogP contribution in [0.5, 0.6) is 0 Å². The van der Waals surface area contributed by atoms with Crippen LogP contribution < -0.4 is 5.32 Å². The smallest absolute Gasteiger partial charge is 0.126 e. The van der Waals surface area contributed by atoms with Crippen molar-refractivity contribution in [2.24, 2.45) is 7.05 Å². The number of hydrogen-bond donors (Lipinski definition) is 1. The van der Waals surface area contributed by atoms with Crippen molar-refractivity contribution in [1.82, 2.24) is 15.1 Å². The van der Waals surface area contributed by atoms with Crippen molar-refractivity contribution in [2.75, 3.05) is 7.05 Å². The molecule has 1 N–H and O–H groups in total. The fraction of sp³-hybridized carbons (Fsp3) is 0.400. The predicted octanol–water partition coefficient (Wildman–Crippen LogP) is 2.76. The summed E-state index contributed by atoms with van der Waals surface area (Å²) < 4.78 is 28.8. The Labute approximate surface area is 117 Å². The first-order valence-electron chi connectivity index (χ1n) is 6.68. The van der Waals surface area contributed by atoms with Crippen LogP contribution in [0.2, 0.25) is 0 Å². The van der Waals surface area contributed by atoms with E-state index in [0.29, 0.717) is 12.0 Å². The van der Waals surface area contributed by atoms with Gasteiger partial charge in [-0.25, -0.2) is 8.78 Å². The molecule has 0 saturated heterocycles. The molecule has 108 valence electrons.